The summed E-state index contributed by atoms with van der Waals surface area (Å²) in [6.45, 7) is 0.193. The molecule has 2 heterocycles. The summed E-state index contributed by atoms with van der Waals surface area (Å²) in [6.07, 6.45) is 1.32. The maximum Gasteiger partial charge on any atom is 0.268 e. The molecule has 1 aliphatic rings. The van der Waals surface area contributed by atoms with E-state index in [2.05, 4.69) is 15.3 Å². The Morgan fingerprint density at radius 2 is 1.69 bits per heavy atom. The first-order chi connectivity index (χ1) is 16.9. The number of nitrogens with one attached hydrogen (secondary N) is 1. The van der Waals surface area contributed by atoms with E-state index in [1.807, 2.05) is 42.5 Å². The van der Waals surface area contributed by atoms with Crippen molar-refractivity contribution in [2.45, 2.75) is 16.6 Å². The molecule has 3 aromatic carbocycles. The number of carbonyl (C=O) groups excluding carboxylic acids is 1. The summed E-state index contributed by atoms with van der Waals surface area (Å²) >= 11 is 7.21. The molecule has 1 aliphatic heterocycles. The first kappa shape index (κ1) is 23.3. The van der Waals surface area contributed by atoms with E-state index >= 15 is 0 Å². The Morgan fingerprint density at radius 3 is 2.49 bits per heavy atom. The number of nitrogens with zero attached hydrogens (tertiary/aromatic N) is 3. The minimum Gasteiger partial charge on any atom is -0.324 e. The summed E-state index contributed by atoms with van der Waals surface area (Å²) in [5.41, 5.74) is 2.96. The van der Waals surface area contributed by atoms with Crippen molar-refractivity contribution < 1.29 is 13.2 Å². The predicted octanol–water partition coefficient (Wildman–Crippen LogP) is 5.24. The normalized spacial score (nSPS) is 13.6. The Hall–Kier alpha value is -3.40. The molecular weight excluding hydrogens is 504 g/mol. The molecule has 176 valence electrons. The van der Waals surface area contributed by atoms with Crippen LogP contribution in [0.5, 0.6) is 0 Å². The van der Waals surface area contributed by atoms with Gasteiger partial charge in [-0.05, 0) is 23.8 Å². The number of carbonyl (C=O) groups is 1. The molecule has 0 fully saturated rings. The SMILES string of the molecule is O=C(CSc1ncc2c(n1)-c1ccccc1N(Cc1ccccc1)S2(=O)=O)Nc1ccccc1Cl. The summed E-state index contributed by atoms with van der Waals surface area (Å²) < 4.78 is 28.5. The third kappa shape index (κ3) is 4.75. The molecule has 1 N–H and O–H groups in total. The van der Waals surface area contributed by atoms with Crippen molar-refractivity contribution in [3.8, 4) is 11.3 Å². The van der Waals surface area contributed by atoms with Crippen LogP contribution >= 0.6 is 23.4 Å². The van der Waals surface area contributed by atoms with Crippen LogP contribution in [0, 0.1) is 0 Å². The molecule has 0 spiro atoms. The van der Waals surface area contributed by atoms with Gasteiger partial charge in [-0.1, -0.05) is 84.0 Å². The van der Waals surface area contributed by atoms with Gasteiger partial charge in [-0.15, -0.1) is 0 Å². The monoisotopic (exact) mass is 522 g/mol. The number of benzene rings is 3. The molecule has 1 amide bonds. The van der Waals surface area contributed by atoms with E-state index in [1.165, 1.54) is 10.5 Å². The highest BCUT2D eigenvalue weighted by Crippen LogP contribution is 2.42. The second kappa shape index (κ2) is 9.69. The minimum atomic E-state index is -3.88. The van der Waals surface area contributed by atoms with Crippen molar-refractivity contribution in [3.05, 3.63) is 95.6 Å². The topological polar surface area (TPSA) is 92.3 Å². The third-order valence-corrected chi connectivity index (χ3v) is 8.33. The molecule has 10 heteroatoms. The van der Waals surface area contributed by atoms with Gasteiger partial charge in [0, 0.05) is 5.56 Å². The number of amides is 1. The summed E-state index contributed by atoms with van der Waals surface area (Å²) in [7, 11) is -3.88. The average molecular weight is 523 g/mol. The Balaban J connectivity index is 1.42. The Morgan fingerprint density at radius 1 is 0.971 bits per heavy atom. The van der Waals surface area contributed by atoms with Crippen molar-refractivity contribution in [1.82, 2.24) is 9.97 Å². The molecule has 0 radical (unpaired) electrons. The second-order valence-electron chi connectivity index (χ2n) is 7.70. The number of hydrogen-bond acceptors (Lipinski definition) is 6. The molecule has 5 rings (SSSR count). The molecule has 4 aromatic rings. The van der Waals surface area contributed by atoms with Crippen molar-refractivity contribution in [1.29, 1.82) is 0 Å². The summed E-state index contributed by atoms with van der Waals surface area (Å²) in [6, 6.07) is 23.6. The molecule has 0 atom stereocenters. The highest BCUT2D eigenvalue weighted by atomic mass is 35.5. The van der Waals surface area contributed by atoms with Crippen LogP contribution in [-0.2, 0) is 21.4 Å². The lowest BCUT2D eigenvalue weighted by Gasteiger charge is -2.31. The van der Waals surface area contributed by atoms with Gasteiger partial charge < -0.3 is 5.32 Å². The maximum absolute atomic E-state index is 13.5. The molecule has 35 heavy (non-hydrogen) atoms. The van der Waals surface area contributed by atoms with Crippen molar-refractivity contribution in [2.75, 3.05) is 15.4 Å². The Labute approximate surface area is 212 Å². The second-order valence-corrected chi connectivity index (χ2v) is 10.9. The van der Waals surface area contributed by atoms with Gasteiger partial charge in [0.2, 0.25) is 5.91 Å². The number of para-hydroxylation sites is 2. The Kier molecular flexibility index (Phi) is 6.46. The summed E-state index contributed by atoms with van der Waals surface area (Å²) in [4.78, 5) is 21.2. The van der Waals surface area contributed by atoms with Gasteiger partial charge in [0.1, 0.15) is 4.90 Å². The predicted molar refractivity (Wildman–Crippen MR) is 138 cm³/mol. The highest BCUT2D eigenvalue weighted by Gasteiger charge is 2.36. The lowest BCUT2D eigenvalue weighted by Crippen LogP contribution is -2.34. The van der Waals surface area contributed by atoms with Gasteiger partial charge >= 0.3 is 0 Å². The van der Waals surface area contributed by atoms with E-state index in [0.717, 1.165) is 17.3 Å². The number of hydrogen-bond donors (Lipinski definition) is 1. The van der Waals surface area contributed by atoms with Crippen LogP contribution in [-0.4, -0.2) is 30.0 Å². The zero-order valence-electron chi connectivity index (χ0n) is 18.3. The maximum atomic E-state index is 13.5. The van der Waals surface area contributed by atoms with Gasteiger partial charge in [0.05, 0.1) is 40.6 Å². The number of rotatable bonds is 6. The summed E-state index contributed by atoms with van der Waals surface area (Å²) in [5.74, 6) is -0.232. The Bertz CT molecular complexity index is 1510. The molecule has 0 unspecified atom stereocenters. The lowest BCUT2D eigenvalue weighted by atomic mass is 10.1. The fourth-order valence-corrected chi connectivity index (χ4v) is 6.10. The molecule has 0 saturated carbocycles. The fraction of sp³-hybridized carbons (Fsp3) is 0.0800. The van der Waals surface area contributed by atoms with E-state index in [1.54, 1.807) is 36.4 Å². The molecule has 0 bridgehead atoms. The van der Waals surface area contributed by atoms with E-state index in [0.29, 0.717) is 32.8 Å². The zero-order chi connectivity index (χ0) is 24.4. The number of sulfonamides is 1. The van der Waals surface area contributed by atoms with E-state index in [9.17, 15) is 13.2 Å². The van der Waals surface area contributed by atoms with Gasteiger partial charge in [0.25, 0.3) is 10.0 Å². The number of fused-ring (bicyclic) bond motifs is 3. The summed E-state index contributed by atoms with van der Waals surface area (Å²) in [5, 5.41) is 3.50. The van der Waals surface area contributed by atoms with Crippen LogP contribution < -0.4 is 9.62 Å². The van der Waals surface area contributed by atoms with Crippen LogP contribution in [0.1, 0.15) is 5.56 Å². The quantitative estimate of drug-likeness (QED) is 0.275. The van der Waals surface area contributed by atoms with Crippen LogP contribution in [0.4, 0.5) is 11.4 Å². The first-order valence-corrected chi connectivity index (χ1v) is 13.4. The lowest BCUT2D eigenvalue weighted by molar-refractivity contribution is -0.113. The van der Waals surface area contributed by atoms with Crippen LogP contribution in [0.25, 0.3) is 11.3 Å². The molecule has 0 saturated heterocycles. The van der Waals surface area contributed by atoms with Crippen molar-refractivity contribution in [3.63, 3.8) is 0 Å². The minimum absolute atomic E-state index is 0.0389. The fourth-order valence-electron chi connectivity index (χ4n) is 3.74. The van der Waals surface area contributed by atoms with Gasteiger partial charge in [-0.25, -0.2) is 18.4 Å². The van der Waals surface area contributed by atoms with Crippen molar-refractivity contribution in [2.24, 2.45) is 0 Å². The zero-order valence-corrected chi connectivity index (χ0v) is 20.6. The van der Waals surface area contributed by atoms with Gasteiger partial charge in [0.15, 0.2) is 5.16 Å². The van der Waals surface area contributed by atoms with E-state index < -0.39 is 10.0 Å². The number of anilines is 2. The highest BCUT2D eigenvalue weighted by molar-refractivity contribution is 7.99. The van der Waals surface area contributed by atoms with Gasteiger partial charge in [-0.2, -0.15) is 0 Å². The standard InChI is InChI=1S/C25H19ClN4O3S2/c26-19-11-5-6-12-20(19)28-23(31)16-34-25-27-14-22-24(29-25)18-10-4-7-13-21(18)30(35(22,32)33)15-17-8-2-1-3-9-17/h1-14H,15-16H2,(H,28,31). The van der Waals surface area contributed by atoms with Crippen LogP contribution in [0.3, 0.4) is 0 Å². The smallest absolute Gasteiger partial charge is 0.268 e. The van der Waals surface area contributed by atoms with Crippen LogP contribution in [0.2, 0.25) is 5.02 Å². The molecule has 1 aromatic heterocycles. The van der Waals surface area contributed by atoms with Crippen molar-refractivity contribution >= 4 is 50.7 Å². The van der Waals surface area contributed by atoms with Gasteiger partial charge in [-0.3, -0.25) is 9.10 Å². The third-order valence-electron chi connectivity index (χ3n) is 5.38. The number of thioether (sulfide) groups is 1. The number of aromatic nitrogens is 2. The number of halogens is 1. The largest absolute Gasteiger partial charge is 0.324 e. The van der Waals surface area contributed by atoms with Crippen LogP contribution in [0.15, 0.2) is 95.1 Å². The average Bonchev–Trinajstić information content (AvgIpc) is 2.87. The molecule has 0 aliphatic carbocycles. The first-order valence-electron chi connectivity index (χ1n) is 10.6. The van der Waals surface area contributed by atoms with E-state index in [-0.39, 0.29) is 23.1 Å². The molecule has 7 nitrogen and oxygen atoms in total. The molecular formula is C25H19ClN4O3S2. The van der Waals surface area contributed by atoms with E-state index in [4.69, 9.17) is 11.6 Å².